The Morgan fingerprint density at radius 1 is 1.44 bits per heavy atom. The molecular weight excluding hydrogens is 252 g/mol. The fourth-order valence-electron chi connectivity index (χ4n) is 1.39. The van der Waals surface area contributed by atoms with Crippen molar-refractivity contribution in [2.75, 3.05) is 4.72 Å². The quantitative estimate of drug-likeness (QED) is 0.896. The molecule has 0 aliphatic rings. The largest absolute Gasteiger partial charge is 0.339 e. The summed E-state index contributed by atoms with van der Waals surface area (Å²) in [6.07, 6.45) is 2.80. The van der Waals surface area contributed by atoms with Gasteiger partial charge in [-0.1, -0.05) is 6.07 Å². The van der Waals surface area contributed by atoms with E-state index in [9.17, 15) is 8.42 Å². The van der Waals surface area contributed by atoms with E-state index >= 15 is 0 Å². The van der Waals surface area contributed by atoms with Gasteiger partial charge in [0.05, 0.1) is 23.6 Å². The van der Waals surface area contributed by atoms with Gasteiger partial charge < -0.3 is 4.57 Å². The fourth-order valence-corrected chi connectivity index (χ4v) is 2.42. The van der Waals surface area contributed by atoms with Crippen molar-refractivity contribution in [2.45, 2.75) is 5.03 Å². The highest BCUT2D eigenvalue weighted by Gasteiger charge is 2.16. The van der Waals surface area contributed by atoms with Crippen molar-refractivity contribution in [1.82, 2.24) is 9.55 Å². The Morgan fingerprint density at radius 3 is 2.83 bits per heavy atom. The molecule has 18 heavy (non-hydrogen) atoms. The van der Waals surface area contributed by atoms with Gasteiger partial charge in [-0.2, -0.15) is 13.7 Å². The van der Waals surface area contributed by atoms with Crippen molar-refractivity contribution in [1.29, 1.82) is 5.26 Å². The molecule has 0 unspecified atom stereocenters. The second-order valence-electron chi connectivity index (χ2n) is 3.68. The van der Waals surface area contributed by atoms with Crippen molar-refractivity contribution < 1.29 is 8.42 Å². The van der Waals surface area contributed by atoms with Crippen molar-refractivity contribution in [3.63, 3.8) is 0 Å². The van der Waals surface area contributed by atoms with Crippen molar-refractivity contribution in [3.8, 4) is 6.07 Å². The van der Waals surface area contributed by atoms with E-state index in [1.165, 1.54) is 18.6 Å². The fraction of sp³-hybridized carbons (Fsp3) is 0.0909. The number of aromatic nitrogens is 2. The smallest absolute Gasteiger partial charge is 0.280 e. The summed E-state index contributed by atoms with van der Waals surface area (Å²) < 4.78 is 27.8. The number of hydrogen-bond donors (Lipinski definition) is 1. The molecule has 0 spiro atoms. The maximum absolute atomic E-state index is 11.9. The van der Waals surface area contributed by atoms with Gasteiger partial charge in [-0.3, -0.25) is 4.72 Å². The Kier molecular flexibility index (Phi) is 3.04. The minimum atomic E-state index is -3.71. The Bertz CT molecular complexity index is 713. The van der Waals surface area contributed by atoms with Crippen LogP contribution < -0.4 is 4.72 Å². The molecule has 2 aromatic rings. The van der Waals surface area contributed by atoms with E-state index < -0.39 is 10.0 Å². The topological polar surface area (TPSA) is 87.8 Å². The second kappa shape index (κ2) is 4.50. The number of nitrogens with zero attached hydrogens (tertiary/aromatic N) is 3. The molecule has 2 rings (SSSR count). The zero-order valence-electron chi connectivity index (χ0n) is 9.53. The number of imidazole rings is 1. The molecule has 1 aromatic heterocycles. The van der Waals surface area contributed by atoms with Crippen LogP contribution in [0.15, 0.2) is 41.8 Å². The third-order valence-electron chi connectivity index (χ3n) is 2.20. The molecule has 0 saturated heterocycles. The van der Waals surface area contributed by atoms with Crippen LogP contribution in [0.5, 0.6) is 0 Å². The maximum atomic E-state index is 11.9. The summed E-state index contributed by atoms with van der Waals surface area (Å²) in [6.45, 7) is 0. The minimum Gasteiger partial charge on any atom is -0.339 e. The van der Waals surface area contributed by atoms with Crippen molar-refractivity contribution in [3.05, 3.63) is 42.4 Å². The lowest BCUT2D eigenvalue weighted by Gasteiger charge is -2.05. The first kappa shape index (κ1) is 12.1. The van der Waals surface area contributed by atoms with E-state index in [0.29, 0.717) is 11.3 Å². The van der Waals surface area contributed by atoms with Crippen LogP contribution in [0, 0.1) is 11.3 Å². The normalized spacial score (nSPS) is 10.9. The summed E-state index contributed by atoms with van der Waals surface area (Å²) in [5, 5.41) is 8.68. The van der Waals surface area contributed by atoms with Crippen LogP contribution in [0.1, 0.15) is 5.56 Å². The van der Waals surface area contributed by atoms with Crippen molar-refractivity contribution >= 4 is 15.7 Å². The number of nitrogens with one attached hydrogen (secondary N) is 1. The van der Waals surface area contributed by atoms with E-state index in [1.54, 1.807) is 29.8 Å². The van der Waals surface area contributed by atoms with Crippen LogP contribution in [0.4, 0.5) is 5.69 Å². The SMILES string of the molecule is Cn1cnc(S(=O)(=O)Nc2cccc(C#N)c2)c1. The number of aryl methyl sites for hydroxylation is 1. The van der Waals surface area contributed by atoms with Gasteiger partial charge in [-0.15, -0.1) is 0 Å². The Hall–Kier alpha value is -2.33. The Morgan fingerprint density at radius 2 is 2.22 bits per heavy atom. The lowest BCUT2D eigenvalue weighted by molar-refractivity contribution is 0.598. The highest BCUT2D eigenvalue weighted by Crippen LogP contribution is 2.15. The van der Waals surface area contributed by atoms with E-state index in [0.717, 1.165) is 0 Å². The molecule has 0 aliphatic heterocycles. The van der Waals surface area contributed by atoms with Gasteiger partial charge in [0.15, 0.2) is 5.03 Å². The van der Waals surface area contributed by atoms with Crippen LogP contribution in [0.2, 0.25) is 0 Å². The molecule has 0 aliphatic carbocycles. The predicted octanol–water partition coefficient (Wildman–Crippen LogP) is 1.09. The summed E-state index contributed by atoms with van der Waals surface area (Å²) in [5.41, 5.74) is 0.718. The van der Waals surface area contributed by atoms with Gasteiger partial charge >= 0.3 is 0 Å². The van der Waals surface area contributed by atoms with Crippen LogP contribution >= 0.6 is 0 Å². The van der Waals surface area contributed by atoms with Crippen LogP contribution in [-0.4, -0.2) is 18.0 Å². The molecule has 1 aromatic carbocycles. The number of hydrogen-bond acceptors (Lipinski definition) is 4. The number of benzene rings is 1. The van der Waals surface area contributed by atoms with Crippen LogP contribution in [0.25, 0.3) is 0 Å². The zero-order valence-corrected chi connectivity index (χ0v) is 10.3. The van der Waals surface area contributed by atoms with E-state index in [2.05, 4.69) is 9.71 Å². The van der Waals surface area contributed by atoms with Gasteiger partial charge in [0.2, 0.25) is 0 Å². The molecule has 0 bridgehead atoms. The third kappa shape index (κ3) is 2.49. The highest BCUT2D eigenvalue weighted by molar-refractivity contribution is 7.92. The summed E-state index contributed by atoms with van der Waals surface area (Å²) in [7, 11) is -2.03. The van der Waals surface area contributed by atoms with Gasteiger partial charge in [0.1, 0.15) is 0 Å². The van der Waals surface area contributed by atoms with E-state index in [-0.39, 0.29) is 5.03 Å². The summed E-state index contributed by atoms with van der Waals surface area (Å²) in [6, 6.07) is 8.17. The van der Waals surface area contributed by atoms with Crippen LogP contribution in [-0.2, 0) is 17.1 Å². The van der Waals surface area contributed by atoms with E-state index in [4.69, 9.17) is 5.26 Å². The Labute approximate surface area is 105 Å². The molecule has 6 nitrogen and oxygen atoms in total. The first-order valence-corrected chi connectivity index (χ1v) is 6.50. The molecule has 0 amide bonds. The summed E-state index contributed by atoms with van der Waals surface area (Å²) >= 11 is 0. The molecular formula is C11H10N4O2S. The number of sulfonamides is 1. The van der Waals surface area contributed by atoms with Crippen LogP contribution in [0.3, 0.4) is 0 Å². The third-order valence-corrected chi connectivity index (χ3v) is 3.47. The summed E-state index contributed by atoms with van der Waals surface area (Å²) in [4.78, 5) is 3.77. The first-order chi connectivity index (χ1) is 8.51. The molecule has 0 fully saturated rings. The Balaban J connectivity index is 2.31. The molecule has 1 heterocycles. The molecule has 7 heteroatoms. The second-order valence-corrected chi connectivity index (χ2v) is 5.30. The maximum Gasteiger partial charge on any atom is 0.280 e. The average Bonchev–Trinajstić information content (AvgIpc) is 2.76. The molecule has 0 atom stereocenters. The molecule has 0 radical (unpaired) electrons. The zero-order chi connectivity index (χ0) is 13.2. The van der Waals surface area contributed by atoms with Gasteiger partial charge in [0, 0.05) is 13.2 Å². The minimum absolute atomic E-state index is 0.0626. The van der Waals surface area contributed by atoms with E-state index in [1.807, 2.05) is 6.07 Å². The molecule has 1 N–H and O–H groups in total. The summed E-state index contributed by atoms with van der Waals surface area (Å²) in [5.74, 6) is 0. The van der Waals surface area contributed by atoms with Crippen molar-refractivity contribution in [2.24, 2.45) is 7.05 Å². The molecule has 0 saturated carbocycles. The highest BCUT2D eigenvalue weighted by atomic mass is 32.2. The first-order valence-electron chi connectivity index (χ1n) is 5.02. The van der Waals surface area contributed by atoms with Gasteiger partial charge in [-0.05, 0) is 18.2 Å². The van der Waals surface area contributed by atoms with Gasteiger partial charge in [0.25, 0.3) is 10.0 Å². The average molecular weight is 262 g/mol. The standard InChI is InChI=1S/C11H10N4O2S/c1-15-7-11(13-8-15)18(16,17)14-10-4-2-3-9(5-10)6-12/h2-5,7-8,14H,1H3. The lowest BCUT2D eigenvalue weighted by Crippen LogP contribution is -2.13. The lowest BCUT2D eigenvalue weighted by atomic mass is 10.2. The number of nitriles is 1. The monoisotopic (exact) mass is 262 g/mol. The number of rotatable bonds is 3. The predicted molar refractivity (Wildman–Crippen MR) is 65.2 cm³/mol. The number of anilines is 1. The van der Waals surface area contributed by atoms with Gasteiger partial charge in [-0.25, -0.2) is 4.98 Å². The molecule has 92 valence electrons.